The lowest BCUT2D eigenvalue weighted by atomic mass is 9.86. The predicted molar refractivity (Wildman–Crippen MR) is 56.0 cm³/mol. The molecule has 0 unspecified atom stereocenters. The number of hydrogen-bond donors (Lipinski definition) is 0. The summed E-state index contributed by atoms with van der Waals surface area (Å²) in [6.45, 7) is 0. The van der Waals surface area contributed by atoms with Crippen LogP contribution in [-0.4, -0.2) is 13.1 Å². The molecule has 1 aliphatic carbocycles. The molecule has 3 heteroatoms. The number of carbonyl (C=O) groups excluding carboxylic acids is 1. The van der Waals surface area contributed by atoms with Gasteiger partial charge in [0.1, 0.15) is 11.5 Å². The van der Waals surface area contributed by atoms with Crippen molar-refractivity contribution in [2.45, 2.75) is 19.3 Å². The van der Waals surface area contributed by atoms with Gasteiger partial charge in [0.15, 0.2) is 0 Å². The smallest absolute Gasteiger partial charge is 0.314 e. The van der Waals surface area contributed by atoms with Crippen LogP contribution in [0.2, 0.25) is 0 Å². The molecule has 1 fully saturated rings. The molecule has 2 rings (SSSR count). The van der Waals surface area contributed by atoms with Crippen molar-refractivity contribution < 1.29 is 14.3 Å². The van der Waals surface area contributed by atoms with Gasteiger partial charge in [0.2, 0.25) is 0 Å². The molecule has 0 spiro atoms. The van der Waals surface area contributed by atoms with E-state index in [0.29, 0.717) is 5.75 Å². The average Bonchev–Trinajstić information content (AvgIpc) is 2.16. The fraction of sp³-hybridized carbons (Fsp3) is 0.417. The lowest BCUT2D eigenvalue weighted by Gasteiger charge is -2.22. The maximum atomic E-state index is 11.5. The van der Waals surface area contributed by atoms with Crippen molar-refractivity contribution in [2.75, 3.05) is 7.11 Å². The second-order valence-electron chi connectivity index (χ2n) is 3.72. The third-order valence-corrected chi connectivity index (χ3v) is 2.72. The van der Waals surface area contributed by atoms with Gasteiger partial charge >= 0.3 is 5.97 Å². The number of rotatable bonds is 3. The SMILES string of the molecule is COc1ccc(OC(=O)C2CCC2)cc1. The van der Waals surface area contributed by atoms with Crippen LogP contribution >= 0.6 is 0 Å². The van der Waals surface area contributed by atoms with Crippen molar-refractivity contribution in [3.8, 4) is 11.5 Å². The summed E-state index contributed by atoms with van der Waals surface area (Å²) in [5, 5.41) is 0. The van der Waals surface area contributed by atoms with Crippen LogP contribution in [0.5, 0.6) is 11.5 Å². The molecular formula is C12H14O3. The first-order chi connectivity index (χ1) is 7.29. The second-order valence-corrected chi connectivity index (χ2v) is 3.72. The highest BCUT2D eigenvalue weighted by atomic mass is 16.5. The standard InChI is InChI=1S/C12H14O3/c1-14-10-5-7-11(8-6-10)15-12(13)9-3-2-4-9/h5-9H,2-4H2,1H3. The molecule has 1 aliphatic rings. The van der Waals surface area contributed by atoms with Crippen LogP contribution in [0.3, 0.4) is 0 Å². The van der Waals surface area contributed by atoms with Crippen LogP contribution in [0, 0.1) is 5.92 Å². The summed E-state index contributed by atoms with van der Waals surface area (Å²) in [5.41, 5.74) is 0. The van der Waals surface area contributed by atoms with E-state index in [4.69, 9.17) is 9.47 Å². The van der Waals surface area contributed by atoms with Gasteiger partial charge in [-0.25, -0.2) is 0 Å². The number of carbonyl (C=O) groups is 1. The number of ether oxygens (including phenoxy) is 2. The molecule has 0 bridgehead atoms. The summed E-state index contributed by atoms with van der Waals surface area (Å²) in [5.74, 6) is 1.37. The molecule has 0 radical (unpaired) electrons. The van der Waals surface area contributed by atoms with Crippen LogP contribution in [0.1, 0.15) is 19.3 Å². The first kappa shape index (κ1) is 10.0. The number of methoxy groups -OCH3 is 1. The highest BCUT2D eigenvalue weighted by molar-refractivity contribution is 5.75. The Morgan fingerprint density at radius 3 is 2.27 bits per heavy atom. The van der Waals surface area contributed by atoms with E-state index in [0.717, 1.165) is 25.0 Å². The van der Waals surface area contributed by atoms with Crippen molar-refractivity contribution >= 4 is 5.97 Å². The summed E-state index contributed by atoms with van der Waals surface area (Å²) in [7, 11) is 1.61. The monoisotopic (exact) mass is 206 g/mol. The van der Waals surface area contributed by atoms with Crippen molar-refractivity contribution in [2.24, 2.45) is 5.92 Å². The second kappa shape index (κ2) is 4.34. The topological polar surface area (TPSA) is 35.5 Å². The first-order valence-corrected chi connectivity index (χ1v) is 5.15. The zero-order valence-electron chi connectivity index (χ0n) is 8.73. The highest BCUT2D eigenvalue weighted by Gasteiger charge is 2.26. The molecule has 0 N–H and O–H groups in total. The largest absolute Gasteiger partial charge is 0.497 e. The summed E-state index contributed by atoms with van der Waals surface area (Å²) >= 11 is 0. The number of hydrogen-bond acceptors (Lipinski definition) is 3. The fourth-order valence-corrected chi connectivity index (χ4v) is 1.49. The van der Waals surface area contributed by atoms with Crippen molar-refractivity contribution in [1.82, 2.24) is 0 Å². The number of benzene rings is 1. The maximum Gasteiger partial charge on any atom is 0.314 e. The van der Waals surface area contributed by atoms with Gasteiger partial charge in [0.05, 0.1) is 13.0 Å². The van der Waals surface area contributed by atoms with Gasteiger partial charge in [-0.3, -0.25) is 4.79 Å². The zero-order valence-corrected chi connectivity index (χ0v) is 8.73. The molecule has 15 heavy (non-hydrogen) atoms. The van der Waals surface area contributed by atoms with E-state index >= 15 is 0 Å². The summed E-state index contributed by atoms with van der Waals surface area (Å²) < 4.78 is 10.2. The Hall–Kier alpha value is -1.51. The van der Waals surface area contributed by atoms with Crippen molar-refractivity contribution in [3.05, 3.63) is 24.3 Å². The normalized spacial score (nSPS) is 15.5. The lowest BCUT2D eigenvalue weighted by molar-refractivity contribution is -0.141. The minimum absolute atomic E-state index is 0.105. The van der Waals surface area contributed by atoms with Gasteiger partial charge in [0, 0.05) is 0 Å². The van der Waals surface area contributed by atoms with Gasteiger partial charge in [-0.1, -0.05) is 6.42 Å². The lowest BCUT2D eigenvalue weighted by Crippen LogP contribution is -2.26. The first-order valence-electron chi connectivity index (χ1n) is 5.15. The minimum atomic E-state index is -0.105. The summed E-state index contributed by atoms with van der Waals surface area (Å²) in [6.07, 6.45) is 3.08. The molecule has 0 atom stereocenters. The van der Waals surface area contributed by atoms with Gasteiger partial charge in [-0.15, -0.1) is 0 Å². The van der Waals surface area contributed by atoms with E-state index in [2.05, 4.69) is 0 Å². The van der Waals surface area contributed by atoms with Crippen LogP contribution in [0.15, 0.2) is 24.3 Å². The van der Waals surface area contributed by atoms with Gasteiger partial charge in [-0.2, -0.15) is 0 Å². The Kier molecular flexibility index (Phi) is 2.90. The van der Waals surface area contributed by atoms with Gasteiger partial charge < -0.3 is 9.47 Å². The van der Waals surface area contributed by atoms with E-state index < -0.39 is 0 Å². The van der Waals surface area contributed by atoms with Crippen LogP contribution in [0.4, 0.5) is 0 Å². The van der Waals surface area contributed by atoms with E-state index in [1.165, 1.54) is 0 Å². The van der Waals surface area contributed by atoms with E-state index in [1.54, 1.807) is 31.4 Å². The summed E-state index contributed by atoms with van der Waals surface area (Å²) in [4.78, 5) is 11.5. The maximum absolute atomic E-state index is 11.5. The Morgan fingerprint density at radius 2 is 1.80 bits per heavy atom. The molecule has 0 aromatic heterocycles. The van der Waals surface area contributed by atoms with Crippen molar-refractivity contribution in [3.63, 3.8) is 0 Å². The molecular weight excluding hydrogens is 192 g/mol. The molecule has 80 valence electrons. The zero-order chi connectivity index (χ0) is 10.7. The molecule has 1 aromatic carbocycles. The van der Waals surface area contributed by atoms with Gasteiger partial charge in [0.25, 0.3) is 0 Å². The van der Waals surface area contributed by atoms with Gasteiger partial charge in [-0.05, 0) is 37.1 Å². The Balaban J connectivity index is 1.94. The van der Waals surface area contributed by atoms with E-state index in [-0.39, 0.29) is 11.9 Å². The van der Waals surface area contributed by atoms with E-state index in [1.807, 2.05) is 0 Å². The molecule has 1 saturated carbocycles. The molecule has 0 heterocycles. The molecule has 0 saturated heterocycles. The average molecular weight is 206 g/mol. The fourth-order valence-electron chi connectivity index (χ4n) is 1.49. The van der Waals surface area contributed by atoms with Crippen molar-refractivity contribution in [1.29, 1.82) is 0 Å². The number of esters is 1. The molecule has 1 aromatic rings. The molecule has 3 nitrogen and oxygen atoms in total. The quantitative estimate of drug-likeness (QED) is 0.562. The molecule has 0 amide bonds. The highest BCUT2D eigenvalue weighted by Crippen LogP contribution is 2.28. The Labute approximate surface area is 89.0 Å². The molecule has 0 aliphatic heterocycles. The van der Waals surface area contributed by atoms with Crippen LogP contribution in [-0.2, 0) is 4.79 Å². The third-order valence-electron chi connectivity index (χ3n) is 2.72. The van der Waals surface area contributed by atoms with E-state index in [9.17, 15) is 4.79 Å². The predicted octanol–water partition coefficient (Wildman–Crippen LogP) is 2.40. The Bertz CT molecular complexity index is 338. The minimum Gasteiger partial charge on any atom is -0.497 e. The van der Waals surface area contributed by atoms with Crippen LogP contribution in [0.25, 0.3) is 0 Å². The summed E-state index contributed by atoms with van der Waals surface area (Å²) in [6, 6.07) is 7.05. The van der Waals surface area contributed by atoms with Crippen LogP contribution < -0.4 is 9.47 Å². The Morgan fingerprint density at radius 1 is 1.20 bits per heavy atom. The third kappa shape index (κ3) is 2.29.